The molecule has 212 valence electrons. The Labute approximate surface area is 197 Å². The van der Waals surface area contributed by atoms with E-state index in [1.807, 2.05) is 0 Å². The molecule has 0 saturated heterocycles. The average Bonchev–Trinajstić information content (AvgIpc) is 2.55. The Bertz CT molecular complexity index is 748. The molecule has 4 atom stereocenters. The zero-order valence-corrected chi connectivity index (χ0v) is 18.5. The molecule has 1 saturated carbocycles. The third-order valence-electron chi connectivity index (χ3n) is 6.06. The summed E-state index contributed by atoms with van der Waals surface area (Å²) < 4.78 is 157. The summed E-state index contributed by atoms with van der Waals surface area (Å²) in [5.74, 6) is -5.87. The van der Waals surface area contributed by atoms with Gasteiger partial charge in [0.1, 0.15) is 0 Å². The van der Waals surface area contributed by atoms with Crippen molar-refractivity contribution in [3.8, 4) is 0 Å². The van der Waals surface area contributed by atoms with E-state index in [9.17, 15) is 67.7 Å². The van der Waals surface area contributed by atoms with Crippen molar-refractivity contribution in [3.63, 3.8) is 0 Å². The summed E-state index contributed by atoms with van der Waals surface area (Å²) in [4.78, 5) is 11.1. The maximum Gasteiger partial charge on any atom is 0.417 e. The van der Waals surface area contributed by atoms with Gasteiger partial charge in [0, 0.05) is 5.57 Å². The summed E-state index contributed by atoms with van der Waals surface area (Å²) in [6, 6.07) is 0. The lowest BCUT2D eigenvalue weighted by molar-refractivity contribution is -0.303. The van der Waals surface area contributed by atoms with Crippen molar-refractivity contribution in [1.82, 2.24) is 0 Å². The normalized spacial score (nSPS) is 26.3. The highest BCUT2D eigenvalue weighted by molar-refractivity contribution is 5.85. The van der Waals surface area contributed by atoms with Gasteiger partial charge in [0.15, 0.2) is 11.2 Å². The second kappa shape index (κ2) is 10.6. The van der Waals surface area contributed by atoms with Crippen LogP contribution in [-0.2, 0) is 4.79 Å². The highest BCUT2D eigenvalue weighted by Crippen LogP contribution is 2.50. The Hall–Kier alpha value is -1.71. The topological polar surface area (TPSA) is 77.8 Å². The van der Waals surface area contributed by atoms with Gasteiger partial charge in [0.2, 0.25) is 0 Å². The highest BCUT2D eigenvalue weighted by atomic mass is 19.4. The van der Waals surface area contributed by atoms with E-state index in [1.54, 1.807) is 0 Å². The Morgan fingerprint density at radius 1 is 0.722 bits per heavy atom. The number of aliphatic hydroxyl groups is 2. The molecule has 3 N–H and O–H groups in total. The van der Waals surface area contributed by atoms with Gasteiger partial charge >= 0.3 is 30.7 Å². The van der Waals surface area contributed by atoms with E-state index in [-0.39, 0.29) is 0 Å². The predicted octanol–water partition coefficient (Wildman–Crippen LogP) is 6.32. The van der Waals surface area contributed by atoms with Crippen LogP contribution in [0.25, 0.3) is 0 Å². The number of hydrogen-bond acceptors (Lipinski definition) is 3. The molecule has 0 spiro atoms. The van der Waals surface area contributed by atoms with Crippen LogP contribution in [0.1, 0.15) is 51.9 Å². The van der Waals surface area contributed by atoms with Crippen LogP contribution in [0.5, 0.6) is 0 Å². The van der Waals surface area contributed by atoms with E-state index < -0.39 is 110 Å². The molecule has 4 nitrogen and oxygen atoms in total. The van der Waals surface area contributed by atoms with E-state index in [4.69, 9.17) is 5.11 Å². The highest BCUT2D eigenvalue weighted by Gasteiger charge is 2.61. The van der Waals surface area contributed by atoms with Gasteiger partial charge in [-0.15, -0.1) is 0 Å². The molecule has 16 heteroatoms. The quantitative estimate of drug-likeness (QED) is 0.242. The summed E-state index contributed by atoms with van der Waals surface area (Å²) in [5, 5.41) is 28.7. The van der Waals surface area contributed by atoms with Gasteiger partial charge in [0.25, 0.3) is 0 Å². The van der Waals surface area contributed by atoms with Gasteiger partial charge in [-0.3, -0.25) is 0 Å². The van der Waals surface area contributed by atoms with Gasteiger partial charge in [0.05, 0.1) is 12.8 Å². The molecule has 0 aromatic heterocycles. The largest absolute Gasteiger partial charge is 0.478 e. The van der Waals surface area contributed by atoms with Crippen molar-refractivity contribution in [3.05, 3.63) is 11.6 Å². The number of alkyl halides is 12. The minimum absolute atomic E-state index is 0.415. The summed E-state index contributed by atoms with van der Waals surface area (Å²) in [5.41, 5.74) is -9.11. The molecule has 1 fully saturated rings. The lowest BCUT2D eigenvalue weighted by Gasteiger charge is -2.42. The van der Waals surface area contributed by atoms with E-state index in [1.165, 1.54) is 0 Å². The number of allylic oxidation sites excluding steroid dienone is 1. The van der Waals surface area contributed by atoms with Crippen LogP contribution < -0.4 is 0 Å². The van der Waals surface area contributed by atoms with Crippen molar-refractivity contribution in [2.45, 2.75) is 87.8 Å². The monoisotopic (exact) mass is 556 g/mol. The SMILES string of the molecule is CC(=CC1CC(CC(O)(CC(F)(F)F)C(F)(F)F)CC(CC(O)(CC(F)(F)F)C(F)(F)F)C1)C(=O)O. The Morgan fingerprint density at radius 2 is 1.06 bits per heavy atom. The molecule has 4 unspecified atom stereocenters. The number of carbonyl (C=O) groups is 1. The lowest BCUT2D eigenvalue weighted by atomic mass is 9.67. The fraction of sp³-hybridized carbons (Fsp3) is 0.850. The molecule has 1 aliphatic rings. The molecule has 0 heterocycles. The van der Waals surface area contributed by atoms with Gasteiger partial charge < -0.3 is 15.3 Å². The second-order valence-electron chi connectivity index (χ2n) is 9.40. The first-order chi connectivity index (χ1) is 15.8. The van der Waals surface area contributed by atoms with Crippen LogP contribution in [0.3, 0.4) is 0 Å². The van der Waals surface area contributed by atoms with Crippen LogP contribution in [-0.4, -0.2) is 57.2 Å². The zero-order valence-electron chi connectivity index (χ0n) is 18.5. The number of carboxylic acids is 1. The standard InChI is InChI=1S/C20H24F12O4/c1-10(14(33)34)2-11-3-12(6-15(35,19(27,28)29)8-17(21,22)23)5-13(4-11)7-16(36,20(30,31)32)9-18(24,25)26/h2,11-13,35-36H,3-9H2,1H3,(H,33,34). The third kappa shape index (κ3) is 9.30. The molecule has 1 rings (SSSR count). The summed E-state index contributed by atoms with van der Waals surface area (Å²) >= 11 is 0. The van der Waals surface area contributed by atoms with Crippen molar-refractivity contribution in [2.75, 3.05) is 0 Å². The van der Waals surface area contributed by atoms with Gasteiger partial charge in [-0.05, 0) is 56.8 Å². The van der Waals surface area contributed by atoms with Crippen molar-refractivity contribution in [2.24, 2.45) is 17.8 Å². The minimum Gasteiger partial charge on any atom is -0.478 e. The third-order valence-corrected chi connectivity index (χ3v) is 6.06. The van der Waals surface area contributed by atoms with E-state index in [0.717, 1.165) is 13.0 Å². The average molecular weight is 556 g/mol. The smallest absolute Gasteiger partial charge is 0.417 e. The second-order valence-corrected chi connectivity index (χ2v) is 9.40. The fourth-order valence-electron chi connectivity index (χ4n) is 4.71. The number of hydrogen-bond donors (Lipinski definition) is 3. The van der Waals surface area contributed by atoms with Crippen molar-refractivity contribution >= 4 is 5.97 Å². The van der Waals surface area contributed by atoms with E-state index in [0.29, 0.717) is 0 Å². The Morgan fingerprint density at radius 3 is 1.31 bits per heavy atom. The van der Waals surface area contributed by atoms with Crippen LogP contribution in [0.15, 0.2) is 11.6 Å². The summed E-state index contributed by atoms with van der Waals surface area (Å²) in [7, 11) is 0. The molecule has 1 aliphatic carbocycles. The summed E-state index contributed by atoms with van der Waals surface area (Å²) in [6.45, 7) is 1.02. The summed E-state index contributed by atoms with van der Waals surface area (Å²) in [6.07, 6.45) is -32.2. The van der Waals surface area contributed by atoms with Crippen LogP contribution >= 0.6 is 0 Å². The lowest BCUT2D eigenvalue weighted by Crippen LogP contribution is -2.51. The molecule has 0 bridgehead atoms. The van der Waals surface area contributed by atoms with Crippen LogP contribution in [0.4, 0.5) is 52.7 Å². The fourth-order valence-corrected chi connectivity index (χ4v) is 4.71. The van der Waals surface area contributed by atoms with Crippen molar-refractivity contribution < 1.29 is 72.8 Å². The number of aliphatic carboxylic acids is 1. The van der Waals surface area contributed by atoms with Crippen LogP contribution in [0, 0.1) is 17.8 Å². The first kappa shape index (κ1) is 32.3. The van der Waals surface area contributed by atoms with Gasteiger partial charge in [-0.25, -0.2) is 4.79 Å². The van der Waals surface area contributed by atoms with E-state index >= 15 is 0 Å². The van der Waals surface area contributed by atoms with Gasteiger partial charge in [-0.1, -0.05) is 6.08 Å². The molecule has 0 amide bonds. The first-order valence-electron chi connectivity index (χ1n) is 10.4. The van der Waals surface area contributed by atoms with E-state index in [2.05, 4.69) is 0 Å². The molecule has 0 radical (unpaired) electrons. The number of halogens is 12. The molecule has 0 aromatic rings. The predicted molar refractivity (Wildman–Crippen MR) is 98.3 cm³/mol. The minimum atomic E-state index is -5.82. The van der Waals surface area contributed by atoms with Crippen molar-refractivity contribution in [1.29, 1.82) is 0 Å². The van der Waals surface area contributed by atoms with Gasteiger partial charge in [-0.2, -0.15) is 52.7 Å². The molecular weight excluding hydrogens is 532 g/mol. The Kier molecular flexibility index (Phi) is 9.49. The molecule has 0 aliphatic heterocycles. The zero-order chi connectivity index (χ0) is 28.5. The number of rotatable bonds is 8. The Balaban J connectivity index is 3.39. The van der Waals surface area contributed by atoms with Crippen LogP contribution in [0.2, 0.25) is 0 Å². The first-order valence-corrected chi connectivity index (χ1v) is 10.4. The number of carboxylic acid groups (broad SMARTS) is 1. The maximum atomic E-state index is 13.4. The maximum absolute atomic E-state index is 13.4. The molecule has 0 aromatic carbocycles. The molecular formula is C20H24F12O4. The molecule has 36 heavy (non-hydrogen) atoms.